The second kappa shape index (κ2) is 8.63. The maximum absolute atomic E-state index is 12.9. The molecule has 1 heterocycles. The van der Waals surface area contributed by atoms with Crippen molar-refractivity contribution in [1.29, 1.82) is 0 Å². The number of carbonyl (C=O) groups excluding carboxylic acids is 2. The van der Waals surface area contributed by atoms with Gasteiger partial charge in [0.05, 0.1) is 26.2 Å². The maximum atomic E-state index is 12.9. The molecular weight excluding hydrogens is 344 g/mol. The normalized spacial score (nSPS) is 22.9. The number of ether oxygens (including phenoxy) is 2. The molecule has 1 saturated heterocycles. The molecule has 0 bridgehead atoms. The summed E-state index contributed by atoms with van der Waals surface area (Å²) in [6.45, 7) is 3.24. The molecule has 0 spiro atoms. The van der Waals surface area contributed by atoms with Crippen molar-refractivity contribution < 1.29 is 19.1 Å². The van der Waals surface area contributed by atoms with Gasteiger partial charge in [-0.05, 0) is 43.4 Å². The Morgan fingerprint density at radius 3 is 2.52 bits per heavy atom. The predicted octanol–water partition coefficient (Wildman–Crippen LogP) is 2.92. The molecule has 3 rings (SSSR count). The Morgan fingerprint density at radius 1 is 1.19 bits per heavy atom. The van der Waals surface area contributed by atoms with Crippen molar-refractivity contribution >= 4 is 11.8 Å². The van der Waals surface area contributed by atoms with E-state index in [0.717, 1.165) is 5.56 Å². The minimum absolute atomic E-state index is 0.0222. The molecule has 2 aliphatic rings. The van der Waals surface area contributed by atoms with E-state index in [9.17, 15) is 9.59 Å². The van der Waals surface area contributed by atoms with Gasteiger partial charge in [-0.3, -0.25) is 9.59 Å². The predicted molar refractivity (Wildman–Crippen MR) is 103 cm³/mol. The Hall–Kier alpha value is -2.24. The summed E-state index contributed by atoms with van der Waals surface area (Å²) >= 11 is 0. The van der Waals surface area contributed by atoms with Gasteiger partial charge in [0.1, 0.15) is 0 Å². The number of hydrogen-bond acceptors (Lipinski definition) is 4. The van der Waals surface area contributed by atoms with E-state index in [4.69, 9.17) is 9.47 Å². The number of nitrogens with one attached hydrogen (secondary N) is 1. The molecule has 6 heteroatoms. The zero-order valence-electron chi connectivity index (χ0n) is 16.5. The Morgan fingerprint density at radius 2 is 1.89 bits per heavy atom. The van der Waals surface area contributed by atoms with Crippen LogP contribution in [0.4, 0.5) is 0 Å². The van der Waals surface area contributed by atoms with E-state index in [1.807, 2.05) is 25.1 Å². The third-order valence-electron chi connectivity index (χ3n) is 5.90. The van der Waals surface area contributed by atoms with Crippen LogP contribution < -0.4 is 14.8 Å². The summed E-state index contributed by atoms with van der Waals surface area (Å²) in [6.07, 6.45) is 5.12. The molecule has 1 aliphatic heterocycles. The van der Waals surface area contributed by atoms with Crippen molar-refractivity contribution in [3.05, 3.63) is 23.8 Å². The lowest BCUT2D eigenvalue weighted by Gasteiger charge is -2.28. The highest BCUT2D eigenvalue weighted by Gasteiger charge is 2.44. The third-order valence-corrected chi connectivity index (χ3v) is 5.90. The molecule has 27 heavy (non-hydrogen) atoms. The first kappa shape index (κ1) is 19.5. The molecule has 0 unspecified atom stereocenters. The summed E-state index contributed by atoms with van der Waals surface area (Å²) < 4.78 is 10.7. The van der Waals surface area contributed by atoms with E-state index in [1.165, 1.54) is 25.7 Å². The van der Waals surface area contributed by atoms with E-state index < -0.39 is 0 Å². The van der Waals surface area contributed by atoms with Crippen molar-refractivity contribution in [2.75, 3.05) is 27.3 Å². The van der Waals surface area contributed by atoms with E-state index in [-0.39, 0.29) is 30.2 Å². The summed E-state index contributed by atoms with van der Waals surface area (Å²) in [5.74, 6) is 1.44. The maximum Gasteiger partial charge on any atom is 0.226 e. The van der Waals surface area contributed by atoms with Crippen LogP contribution in [0.3, 0.4) is 0 Å². The number of amides is 2. The van der Waals surface area contributed by atoms with Gasteiger partial charge in [0.15, 0.2) is 11.5 Å². The molecule has 1 aromatic carbocycles. The van der Waals surface area contributed by atoms with Gasteiger partial charge in [-0.2, -0.15) is 0 Å². The van der Waals surface area contributed by atoms with Crippen LogP contribution >= 0.6 is 0 Å². The Labute approximate surface area is 161 Å². The van der Waals surface area contributed by atoms with Crippen LogP contribution in [0, 0.1) is 11.8 Å². The van der Waals surface area contributed by atoms with Gasteiger partial charge >= 0.3 is 0 Å². The van der Waals surface area contributed by atoms with Crippen molar-refractivity contribution in [1.82, 2.24) is 10.2 Å². The topological polar surface area (TPSA) is 67.9 Å². The average molecular weight is 374 g/mol. The molecule has 6 nitrogen and oxygen atoms in total. The average Bonchev–Trinajstić information content (AvgIpc) is 3.32. The smallest absolute Gasteiger partial charge is 0.226 e. The van der Waals surface area contributed by atoms with Crippen LogP contribution in [0.25, 0.3) is 0 Å². The van der Waals surface area contributed by atoms with Crippen LogP contribution in [-0.2, 0) is 9.59 Å². The molecule has 0 radical (unpaired) electrons. The number of rotatable bonds is 7. The molecule has 2 fully saturated rings. The second-order valence-electron chi connectivity index (χ2n) is 7.45. The first-order valence-electron chi connectivity index (χ1n) is 9.88. The van der Waals surface area contributed by atoms with Gasteiger partial charge in [0.25, 0.3) is 0 Å². The van der Waals surface area contributed by atoms with Crippen LogP contribution in [0.15, 0.2) is 18.2 Å². The summed E-state index contributed by atoms with van der Waals surface area (Å²) in [4.78, 5) is 27.2. The van der Waals surface area contributed by atoms with Crippen molar-refractivity contribution in [3.63, 3.8) is 0 Å². The van der Waals surface area contributed by atoms with Crippen molar-refractivity contribution in [2.45, 2.75) is 45.1 Å². The second-order valence-corrected chi connectivity index (χ2v) is 7.45. The number of likely N-dealkylation sites (tertiary alicyclic amines) is 1. The Balaban J connectivity index is 1.81. The highest BCUT2D eigenvalue weighted by atomic mass is 16.5. The Kier molecular flexibility index (Phi) is 6.24. The van der Waals surface area contributed by atoms with Crippen LogP contribution in [0.2, 0.25) is 0 Å². The van der Waals surface area contributed by atoms with Crippen molar-refractivity contribution in [3.8, 4) is 11.5 Å². The molecule has 1 aromatic rings. The SMILES string of the molecule is CCN1C(=O)C[C@@H](C(=O)NCC2CCCC2)[C@@H]1c1ccc(OC)c(OC)c1. The summed E-state index contributed by atoms with van der Waals surface area (Å²) in [7, 11) is 3.18. The highest BCUT2D eigenvalue weighted by molar-refractivity contribution is 5.90. The van der Waals surface area contributed by atoms with Crippen molar-refractivity contribution in [2.24, 2.45) is 11.8 Å². The monoisotopic (exact) mass is 374 g/mol. The Bertz CT molecular complexity index is 685. The molecule has 148 valence electrons. The number of benzene rings is 1. The van der Waals surface area contributed by atoms with Gasteiger partial charge in [0, 0.05) is 19.5 Å². The minimum Gasteiger partial charge on any atom is -0.493 e. The van der Waals surface area contributed by atoms with Gasteiger partial charge in [-0.25, -0.2) is 0 Å². The van der Waals surface area contributed by atoms with Crippen LogP contribution in [-0.4, -0.2) is 44.0 Å². The van der Waals surface area contributed by atoms with E-state index in [1.54, 1.807) is 19.1 Å². The van der Waals surface area contributed by atoms with Crippen LogP contribution in [0.5, 0.6) is 11.5 Å². The molecule has 1 N–H and O–H groups in total. The quantitative estimate of drug-likeness (QED) is 0.797. The fraction of sp³-hybridized carbons (Fsp3) is 0.619. The first-order chi connectivity index (χ1) is 13.1. The molecule has 2 amide bonds. The molecule has 1 saturated carbocycles. The standard InChI is InChI=1S/C21H30N2O4/c1-4-23-19(24)12-16(21(25)22-13-14-7-5-6-8-14)20(23)15-9-10-17(26-2)18(11-15)27-3/h9-11,14,16,20H,4-8,12-13H2,1-3H3,(H,22,25)/t16-,20+/m1/s1. The number of methoxy groups -OCH3 is 2. The summed E-state index contributed by atoms with van der Waals surface area (Å²) in [5.41, 5.74) is 0.904. The van der Waals surface area contributed by atoms with Gasteiger partial charge in [-0.1, -0.05) is 18.9 Å². The third kappa shape index (κ3) is 4.04. The van der Waals surface area contributed by atoms with Gasteiger partial charge in [-0.15, -0.1) is 0 Å². The lowest BCUT2D eigenvalue weighted by Crippen LogP contribution is -2.37. The fourth-order valence-corrected chi connectivity index (χ4v) is 4.44. The largest absolute Gasteiger partial charge is 0.493 e. The zero-order chi connectivity index (χ0) is 19.4. The fourth-order valence-electron chi connectivity index (χ4n) is 4.44. The molecular formula is C21H30N2O4. The van der Waals surface area contributed by atoms with E-state index in [0.29, 0.717) is 30.5 Å². The number of carbonyl (C=O) groups is 2. The summed E-state index contributed by atoms with van der Waals surface area (Å²) in [5, 5.41) is 3.11. The first-order valence-corrected chi connectivity index (χ1v) is 9.88. The number of nitrogens with zero attached hydrogens (tertiary/aromatic N) is 1. The summed E-state index contributed by atoms with van der Waals surface area (Å²) in [6, 6.07) is 5.36. The molecule has 1 aliphatic carbocycles. The van der Waals surface area contributed by atoms with E-state index >= 15 is 0 Å². The minimum atomic E-state index is -0.378. The lowest BCUT2D eigenvalue weighted by atomic mass is 9.92. The molecule has 2 atom stereocenters. The van der Waals surface area contributed by atoms with E-state index in [2.05, 4.69) is 5.32 Å². The molecule has 0 aromatic heterocycles. The van der Waals surface area contributed by atoms with Crippen LogP contribution in [0.1, 0.15) is 50.6 Å². The lowest BCUT2D eigenvalue weighted by molar-refractivity contribution is -0.129. The number of hydrogen-bond donors (Lipinski definition) is 1. The van der Waals surface area contributed by atoms with Gasteiger partial charge < -0.3 is 19.7 Å². The zero-order valence-corrected chi connectivity index (χ0v) is 16.5. The highest BCUT2D eigenvalue weighted by Crippen LogP contribution is 2.41. The van der Waals surface area contributed by atoms with Gasteiger partial charge in [0.2, 0.25) is 11.8 Å².